The fourth-order valence-electron chi connectivity index (χ4n) is 4.07. The van der Waals surface area contributed by atoms with Crippen molar-refractivity contribution in [3.05, 3.63) is 87.9 Å². The van der Waals surface area contributed by atoms with E-state index in [0.717, 1.165) is 27.6 Å². The number of rotatable bonds is 13. The van der Waals surface area contributed by atoms with Gasteiger partial charge in [0.05, 0.1) is 20.6 Å². The average Bonchev–Trinajstić information content (AvgIpc) is 2.96. The van der Waals surface area contributed by atoms with E-state index in [0.29, 0.717) is 27.8 Å². The van der Waals surface area contributed by atoms with Crippen molar-refractivity contribution in [1.29, 1.82) is 0 Å². The van der Waals surface area contributed by atoms with Gasteiger partial charge in [-0.1, -0.05) is 60.3 Å². The molecule has 41 heavy (non-hydrogen) atoms. The number of hydrogen-bond acceptors (Lipinski definition) is 5. The van der Waals surface area contributed by atoms with Gasteiger partial charge in [-0.15, -0.1) is 11.8 Å². The van der Waals surface area contributed by atoms with Crippen molar-refractivity contribution in [2.75, 3.05) is 23.7 Å². The van der Waals surface area contributed by atoms with E-state index in [4.69, 9.17) is 23.2 Å². The third-order valence-electron chi connectivity index (χ3n) is 6.58. The highest BCUT2D eigenvalue weighted by Crippen LogP contribution is 2.27. The Morgan fingerprint density at radius 3 is 2.22 bits per heavy atom. The van der Waals surface area contributed by atoms with Crippen molar-refractivity contribution in [2.45, 2.75) is 56.0 Å². The molecule has 2 amide bonds. The van der Waals surface area contributed by atoms with Crippen LogP contribution < -0.4 is 9.62 Å². The Hall–Kier alpha value is -2.72. The van der Waals surface area contributed by atoms with Crippen molar-refractivity contribution in [2.24, 2.45) is 0 Å². The van der Waals surface area contributed by atoms with E-state index < -0.39 is 28.5 Å². The molecule has 220 valence electrons. The number of anilines is 1. The fraction of sp³-hybridized carbons (Fsp3) is 0.333. The Kier molecular flexibility index (Phi) is 12.0. The molecule has 0 aromatic heterocycles. The maximum atomic E-state index is 14.0. The number of benzene rings is 3. The highest BCUT2D eigenvalue weighted by molar-refractivity contribution is 7.98. The summed E-state index contributed by atoms with van der Waals surface area (Å²) < 4.78 is 29.0. The average molecular weight is 637 g/mol. The number of sulfonamides is 1. The minimum Gasteiger partial charge on any atom is -0.354 e. The molecule has 0 spiro atoms. The van der Waals surface area contributed by atoms with E-state index in [-0.39, 0.29) is 17.3 Å². The van der Waals surface area contributed by atoms with Gasteiger partial charge in [0.15, 0.2) is 0 Å². The molecule has 0 heterocycles. The minimum atomic E-state index is -4.13. The molecular weight excluding hydrogens is 601 g/mol. The van der Waals surface area contributed by atoms with Crippen molar-refractivity contribution in [1.82, 2.24) is 10.2 Å². The molecule has 0 aliphatic rings. The zero-order valence-corrected chi connectivity index (χ0v) is 26.7. The fourth-order valence-corrected chi connectivity index (χ4v) is 6.21. The van der Waals surface area contributed by atoms with Crippen LogP contribution in [0.2, 0.25) is 10.0 Å². The summed E-state index contributed by atoms with van der Waals surface area (Å²) in [6, 6.07) is 17.5. The first-order valence-electron chi connectivity index (χ1n) is 13.2. The van der Waals surface area contributed by atoms with E-state index in [1.54, 1.807) is 61.5 Å². The number of carbonyl (C=O) groups excluding carboxylic acids is 2. The van der Waals surface area contributed by atoms with E-state index in [1.165, 1.54) is 28.8 Å². The van der Waals surface area contributed by atoms with Crippen LogP contribution in [0.3, 0.4) is 0 Å². The van der Waals surface area contributed by atoms with Gasteiger partial charge in [0.1, 0.15) is 12.6 Å². The zero-order valence-electron chi connectivity index (χ0n) is 23.6. The molecule has 3 rings (SSSR count). The smallest absolute Gasteiger partial charge is 0.264 e. The van der Waals surface area contributed by atoms with Crippen LogP contribution >= 0.6 is 35.0 Å². The number of aryl methyl sites for hydroxylation is 1. The van der Waals surface area contributed by atoms with Crippen LogP contribution in [0.25, 0.3) is 0 Å². The maximum absolute atomic E-state index is 14.0. The number of nitrogens with one attached hydrogen (secondary N) is 1. The molecule has 0 radical (unpaired) electrons. The first-order valence-corrected chi connectivity index (χ1v) is 16.6. The van der Waals surface area contributed by atoms with Gasteiger partial charge in [0, 0.05) is 18.0 Å². The van der Waals surface area contributed by atoms with Gasteiger partial charge in [-0.25, -0.2) is 8.42 Å². The van der Waals surface area contributed by atoms with E-state index in [9.17, 15) is 18.0 Å². The summed E-state index contributed by atoms with van der Waals surface area (Å²) in [7, 11) is -4.13. The summed E-state index contributed by atoms with van der Waals surface area (Å²) in [4.78, 5) is 29.4. The van der Waals surface area contributed by atoms with Crippen LogP contribution in [-0.2, 0) is 26.2 Å². The van der Waals surface area contributed by atoms with Crippen molar-refractivity contribution in [3.63, 3.8) is 0 Å². The lowest BCUT2D eigenvalue weighted by Gasteiger charge is -2.32. The molecule has 0 fully saturated rings. The molecule has 11 heteroatoms. The largest absolute Gasteiger partial charge is 0.354 e. The lowest BCUT2D eigenvalue weighted by Crippen LogP contribution is -2.51. The third-order valence-corrected chi connectivity index (χ3v) is 9.85. The van der Waals surface area contributed by atoms with E-state index >= 15 is 0 Å². The van der Waals surface area contributed by atoms with Gasteiger partial charge >= 0.3 is 0 Å². The Balaban J connectivity index is 2.01. The lowest BCUT2D eigenvalue weighted by molar-refractivity contribution is -0.139. The molecular formula is C30H35Cl2N3O4S2. The predicted molar refractivity (Wildman–Crippen MR) is 168 cm³/mol. The van der Waals surface area contributed by atoms with Crippen molar-refractivity contribution in [3.8, 4) is 0 Å². The third kappa shape index (κ3) is 8.64. The minimum absolute atomic E-state index is 0.0301. The lowest BCUT2D eigenvalue weighted by atomic mass is 10.1. The summed E-state index contributed by atoms with van der Waals surface area (Å²) in [6.45, 7) is 5.54. The SMILES string of the molecule is CCCCNC(=O)C(C)N(Cc1ccc(Cl)c(Cl)c1)C(=O)CN(c1ccc(C)cc1)S(=O)(=O)c1ccc(SC)cc1. The molecule has 1 unspecified atom stereocenters. The van der Waals surface area contributed by atoms with Crippen LogP contribution in [0.5, 0.6) is 0 Å². The maximum Gasteiger partial charge on any atom is 0.264 e. The molecule has 0 saturated carbocycles. The first kappa shape index (κ1) is 32.8. The molecule has 0 aliphatic heterocycles. The van der Waals surface area contributed by atoms with E-state index in [1.807, 2.05) is 20.1 Å². The predicted octanol–water partition coefficient (Wildman–Crippen LogP) is 6.55. The Bertz CT molecular complexity index is 1450. The number of amides is 2. The van der Waals surface area contributed by atoms with Crippen molar-refractivity contribution >= 4 is 62.5 Å². The highest BCUT2D eigenvalue weighted by Gasteiger charge is 2.32. The number of thioether (sulfide) groups is 1. The van der Waals surface area contributed by atoms with Crippen LogP contribution in [0.1, 0.15) is 37.8 Å². The monoisotopic (exact) mass is 635 g/mol. The van der Waals surface area contributed by atoms with Crippen LogP contribution in [-0.4, -0.2) is 50.5 Å². The summed E-state index contributed by atoms with van der Waals surface area (Å²) >= 11 is 13.8. The van der Waals surface area contributed by atoms with Gasteiger partial charge < -0.3 is 10.2 Å². The molecule has 0 saturated heterocycles. The van der Waals surface area contributed by atoms with Gasteiger partial charge in [-0.2, -0.15) is 0 Å². The second-order valence-electron chi connectivity index (χ2n) is 9.61. The Labute approximate surface area is 257 Å². The molecule has 0 aliphatic carbocycles. The number of nitrogens with zero attached hydrogens (tertiary/aromatic N) is 2. The molecule has 7 nitrogen and oxygen atoms in total. The Morgan fingerprint density at radius 2 is 1.63 bits per heavy atom. The van der Waals surface area contributed by atoms with Crippen molar-refractivity contribution < 1.29 is 18.0 Å². The first-order chi connectivity index (χ1) is 19.5. The molecule has 1 N–H and O–H groups in total. The van der Waals surface area contributed by atoms with Gasteiger partial charge in [0.2, 0.25) is 11.8 Å². The normalized spacial score (nSPS) is 12.0. The second kappa shape index (κ2) is 15.0. The zero-order chi connectivity index (χ0) is 30.2. The number of unbranched alkanes of at least 4 members (excludes halogenated alkanes) is 1. The summed E-state index contributed by atoms with van der Waals surface area (Å²) in [5.41, 5.74) is 1.94. The van der Waals surface area contributed by atoms with E-state index in [2.05, 4.69) is 5.32 Å². The number of carbonyl (C=O) groups is 2. The molecule has 3 aromatic carbocycles. The topological polar surface area (TPSA) is 86.8 Å². The molecule has 1 atom stereocenters. The van der Waals surface area contributed by atoms with Crippen LogP contribution in [0, 0.1) is 6.92 Å². The number of hydrogen-bond donors (Lipinski definition) is 1. The highest BCUT2D eigenvalue weighted by atomic mass is 35.5. The van der Waals surface area contributed by atoms with Gasteiger partial charge in [-0.05, 0) is 80.6 Å². The van der Waals surface area contributed by atoms with Gasteiger partial charge in [-0.3, -0.25) is 13.9 Å². The number of halogens is 2. The standard InChI is InChI=1S/C30H35Cl2N3O4S2/c1-5-6-17-33-30(37)22(3)34(19-23-9-16-27(31)28(32)18-23)29(36)20-35(24-10-7-21(2)8-11-24)41(38,39)26-14-12-25(40-4)13-15-26/h7-16,18,22H,5-6,17,19-20H2,1-4H3,(H,33,37). The summed E-state index contributed by atoms with van der Waals surface area (Å²) in [5.74, 6) is -0.872. The second-order valence-corrected chi connectivity index (χ2v) is 13.2. The Morgan fingerprint density at radius 1 is 0.976 bits per heavy atom. The van der Waals surface area contributed by atoms with Crippen LogP contribution in [0.15, 0.2) is 76.5 Å². The molecule has 3 aromatic rings. The molecule has 0 bridgehead atoms. The quantitative estimate of drug-likeness (QED) is 0.170. The summed E-state index contributed by atoms with van der Waals surface area (Å²) in [5, 5.41) is 3.55. The summed E-state index contributed by atoms with van der Waals surface area (Å²) in [6.07, 6.45) is 3.61. The van der Waals surface area contributed by atoms with Crippen LogP contribution in [0.4, 0.5) is 5.69 Å². The van der Waals surface area contributed by atoms with Gasteiger partial charge in [0.25, 0.3) is 10.0 Å².